The van der Waals surface area contributed by atoms with Crippen LogP contribution < -0.4 is 14.2 Å². The number of rotatable bonds is 7. The lowest BCUT2D eigenvalue weighted by atomic mass is 9.87. The van der Waals surface area contributed by atoms with Gasteiger partial charge in [-0.2, -0.15) is 0 Å². The van der Waals surface area contributed by atoms with E-state index in [1.807, 2.05) is 42.5 Å². The van der Waals surface area contributed by atoms with Gasteiger partial charge in [0.1, 0.15) is 0 Å². The Labute approximate surface area is 191 Å². The van der Waals surface area contributed by atoms with E-state index in [-0.39, 0.29) is 30.0 Å². The fourth-order valence-corrected chi connectivity index (χ4v) is 4.16. The maximum Gasteiger partial charge on any atom is 0.310 e. The Hall–Kier alpha value is -4.07. The van der Waals surface area contributed by atoms with E-state index in [1.54, 1.807) is 31.3 Å². The van der Waals surface area contributed by atoms with E-state index in [1.165, 1.54) is 12.1 Å². The van der Waals surface area contributed by atoms with E-state index in [0.29, 0.717) is 24.5 Å². The highest BCUT2D eigenvalue weighted by Gasteiger charge is 2.33. The largest absolute Gasteiger partial charge is 0.493 e. The first-order valence-electron chi connectivity index (χ1n) is 10.5. The van der Waals surface area contributed by atoms with E-state index >= 15 is 0 Å². The molecule has 0 aromatic heterocycles. The number of benzene rings is 3. The van der Waals surface area contributed by atoms with Crippen LogP contribution in [0, 0.1) is 10.1 Å². The molecule has 1 aliphatic rings. The average Bonchev–Trinajstić information content (AvgIpc) is 2.86. The fourth-order valence-electron chi connectivity index (χ4n) is 4.16. The van der Waals surface area contributed by atoms with Crippen molar-refractivity contribution in [3.63, 3.8) is 0 Å². The van der Waals surface area contributed by atoms with Gasteiger partial charge in [-0.3, -0.25) is 14.9 Å². The summed E-state index contributed by atoms with van der Waals surface area (Å²) < 4.78 is 16.6. The van der Waals surface area contributed by atoms with Crippen molar-refractivity contribution in [2.45, 2.75) is 12.5 Å². The maximum absolute atomic E-state index is 13.3. The fraction of sp³-hybridized carbons (Fsp3) is 0.240. The summed E-state index contributed by atoms with van der Waals surface area (Å²) >= 11 is 0. The first-order valence-corrected chi connectivity index (χ1v) is 10.5. The summed E-state index contributed by atoms with van der Waals surface area (Å²) in [5.74, 6) is 1.03. The molecular weight excluding hydrogens is 424 g/mol. The van der Waals surface area contributed by atoms with Crippen LogP contribution in [0.3, 0.4) is 0 Å². The molecule has 0 saturated heterocycles. The average molecular weight is 448 g/mol. The van der Waals surface area contributed by atoms with Crippen LogP contribution in [0.2, 0.25) is 0 Å². The quantitative estimate of drug-likeness (QED) is 0.398. The molecule has 0 spiro atoms. The minimum atomic E-state index is -0.524. The summed E-state index contributed by atoms with van der Waals surface area (Å²) in [6, 6.07) is 19.3. The molecule has 3 aromatic rings. The molecule has 1 amide bonds. The SMILES string of the molecule is COc1cc2c(cc1OC)[C@H](c1ccccc1)N(C(=O)COc1ccccc1[N+](=O)[O-])CC2. The number of fused-ring (bicyclic) bond motifs is 1. The number of hydrogen-bond acceptors (Lipinski definition) is 6. The molecule has 170 valence electrons. The first kappa shape index (κ1) is 22.1. The lowest BCUT2D eigenvalue weighted by Crippen LogP contribution is -2.43. The minimum absolute atomic E-state index is 0.0657. The zero-order valence-electron chi connectivity index (χ0n) is 18.4. The Morgan fingerprint density at radius 3 is 2.36 bits per heavy atom. The molecule has 0 fully saturated rings. The molecule has 8 heteroatoms. The number of hydrogen-bond donors (Lipinski definition) is 0. The van der Waals surface area contributed by atoms with Crippen molar-refractivity contribution in [2.24, 2.45) is 0 Å². The van der Waals surface area contributed by atoms with Crippen molar-refractivity contribution in [2.75, 3.05) is 27.4 Å². The highest BCUT2D eigenvalue weighted by Crippen LogP contribution is 2.41. The molecule has 0 saturated carbocycles. The number of methoxy groups -OCH3 is 2. The topological polar surface area (TPSA) is 91.1 Å². The normalized spacial score (nSPS) is 14.8. The first-order chi connectivity index (χ1) is 16.0. The molecule has 1 atom stereocenters. The molecule has 3 aromatic carbocycles. The number of nitro groups is 1. The predicted octanol–water partition coefficient (Wildman–Crippen LogP) is 4.17. The number of nitrogens with zero attached hydrogens (tertiary/aromatic N) is 2. The van der Waals surface area contributed by atoms with Crippen molar-refractivity contribution in [3.05, 3.63) is 93.5 Å². The molecule has 0 radical (unpaired) electrons. The Balaban J connectivity index is 1.67. The van der Waals surface area contributed by atoms with Crippen molar-refractivity contribution >= 4 is 11.6 Å². The van der Waals surface area contributed by atoms with Gasteiger partial charge in [0.15, 0.2) is 23.9 Å². The molecule has 8 nitrogen and oxygen atoms in total. The molecule has 0 N–H and O–H groups in total. The van der Waals surface area contributed by atoms with Crippen LogP contribution in [0.5, 0.6) is 17.2 Å². The number of carbonyl (C=O) groups is 1. The Morgan fingerprint density at radius 1 is 1.00 bits per heavy atom. The van der Waals surface area contributed by atoms with Gasteiger partial charge in [-0.25, -0.2) is 0 Å². The second-order valence-electron chi connectivity index (χ2n) is 7.57. The van der Waals surface area contributed by atoms with Crippen molar-refractivity contribution < 1.29 is 23.9 Å². The van der Waals surface area contributed by atoms with Crippen molar-refractivity contribution in [3.8, 4) is 17.2 Å². The van der Waals surface area contributed by atoms with Crippen molar-refractivity contribution in [1.29, 1.82) is 0 Å². The van der Waals surface area contributed by atoms with Crippen molar-refractivity contribution in [1.82, 2.24) is 4.90 Å². The van der Waals surface area contributed by atoms with Gasteiger partial charge in [0.25, 0.3) is 5.91 Å². The Morgan fingerprint density at radius 2 is 1.67 bits per heavy atom. The summed E-state index contributed by atoms with van der Waals surface area (Å²) in [5.41, 5.74) is 2.80. The van der Waals surface area contributed by atoms with Gasteiger partial charge in [-0.05, 0) is 41.3 Å². The van der Waals surface area contributed by atoms with E-state index < -0.39 is 4.92 Å². The van der Waals surface area contributed by atoms with Crippen LogP contribution in [0.25, 0.3) is 0 Å². The van der Waals surface area contributed by atoms with Crippen LogP contribution in [0.15, 0.2) is 66.7 Å². The van der Waals surface area contributed by atoms with E-state index in [0.717, 1.165) is 16.7 Å². The summed E-state index contributed by atoms with van der Waals surface area (Å²) in [5, 5.41) is 11.3. The molecule has 1 heterocycles. The van der Waals surface area contributed by atoms with Gasteiger partial charge in [-0.1, -0.05) is 42.5 Å². The zero-order chi connectivity index (χ0) is 23.4. The third-order valence-electron chi connectivity index (χ3n) is 5.72. The third kappa shape index (κ3) is 4.45. The lowest BCUT2D eigenvalue weighted by Gasteiger charge is -2.38. The maximum atomic E-state index is 13.3. The number of para-hydroxylation sites is 2. The van der Waals surface area contributed by atoms with Gasteiger partial charge >= 0.3 is 5.69 Å². The molecule has 0 bridgehead atoms. The van der Waals surface area contributed by atoms with E-state index in [4.69, 9.17) is 14.2 Å². The van der Waals surface area contributed by atoms with Crippen LogP contribution in [0.1, 0.15) is 22.7 Å². The lowest BCUT2D eigenvalue weighted by molar-refractivity contribution is -0.385. The summed E-state index contributed by atoms with van der Waals surface area (Å²) in [6.45, 7) is 0.165. The molecule has 0 unspecified atom stereocenters. The van der Waals surface area contributed by atoms with Gasteiger partial charge < -0.3 is 19.1 Å². The van der Waals surface area contributed by atoms with Crippen LogP contribution in [-0.4, -0.2) is 43.1 Å². The van der Waals surface area contributed by atoms with E-state index in [9.17, 15) is 14.9 Å². The van der Waals surface area contributed by atoms with E-state index in [2.05, 4.69) is 0 Å². The molecule has 33 heavy (non-hydrogen) atoms. The molecular formula is C25H24N2O6. The Bertz CT molecular complexity index is 1160. The standard InChI is InChI=1S/C25H24N2O6/c1-31-22-14-18-12-13-26(24(28)16-33-21-11-7-6-10-20(21)27(29)30)25(17-8-4-3-5-9-17)19(18)15-23(22)32-2/h3-11,14-15,25H,12-13,16H2,1-2H3/t25-/m0/s1. The van der Waals surface area contributed by atoms with Gasteiger partial charge in [-0.15, -0.1) is 0 Å². The number of nitro benzene ring substituents is 1. The van der Waals surface area contributed by atoms with Gasteiger partial charge in [0.05, 0.1) is 25.2 Å². The number of amides is 1. The van der Waals surface area contributed by atoms with Gasteiger partial charge in [0.2, 0.25) is 0 Å². The molecule has 0 aliphatic carbocycles. The van der Waals surface area contributed by atoms with Crippen LogP contribution in [-0.2, 0) is 11.2 Å². The summed E-state index contributed by atoms with van der Waals surface area (Å²) in [6.07, 6.45) is 0.635. The summed E-state index contributed by atoms with van der Waals surface area (Å²) in [4.78, 5) is 25.8. The zero-order valence-corrected chi connectivity index (χ0v) is 18.4. The molecule has 1 aliphatic heterocycles. The third-order valence-corrected chi connectivity index (χ3v) is 5.72. The predicted molar refractivity (Wildman–Crippen MR) is 122 cm³/mol. The minimum Gasteiger partial charge on any atom is -0.493 e. The van der Waals surface area contributed by atoms with Gasteiger partial charge in [0, 0.05) is 12.6 Å². The monoisotopic (exact) mass is 448 g/mol. The Kier molecular flexibility index (Phi) is 6.44. The highest BCUT2D eigenvalue weighted by atomic mass is 16.6. The number of carbonyl (C=O) groups excluding carboxylic acids is 1. The smallest absolute Gasteiger partial charge is 0.310 e. The van der Waals surface area contributed by atoms with Crippen LogP contribution in [0.4, 0.5) is 5.69 Å². The number of ether oxygens (including phenoxy) is 3. The second kappa shape index (κ2) is 9.60. The highest BCUT2D eigenvalue weighted by molar-refractivity contribution is 5.79. The summed E-state index contributed by atoms with van der Waals surface area (Å²) in [7, 11) is 3.17. The molecule has 4 rings (SSSR count). The van der Waals surface area contributed by atoms with Crippen LogP contribution >= 0.6 is 0 Å². The second-order valence-corrected chi connectivity index (χ2v) is 7.57.